The van der Waals surface area contributed by atoms with E-state index in [-0.39, 0.29) is 17.1 Å². The molecular formula is C15H24N4O3. The number of carbonyl (C=O) groups is 1. The van der Waals surface area contributed by atoms with Crippen molar-refractivity contribution >= 4 is 11.7 Å². The minimum Gasteiger partial charge on any atom is -0.358 e. The Bertz CT molecular complexity index is 566. The molecule has 0 spiro atoms. The fourth-order valence-corrected chi connectivity index (χ4v) is 2.88. The van der Waals surface area contributed by atoms with Crippen LogP contribution in [0.15, 0.2) is 6.20 Å². The molecule has 2 rings (SSSR count). The Morgan fingerprint density at radius 2 is 2.00 bits per heavy atom. The van der Waals surface area contributed by atoms with Gasteiger partial charge in [0.25, 0.3) is 0 Å². The zero-order chi connectivity index (χ0) is 16.5. The topological polar surface area (TPSA) is 81.3 Å². The second-order valence-electron chi connectivity index (χ2n) is 7.02. The SMILES string of the molecule is Cc1ncc([N+](=O)[O-])n1CC1CCN(C(=O)C(C)(C)C)CC1. The summed E-state index contributed by atoms with van der Waals surface area (Å²) in [5.41, 5.74) is -0.355. The van der Waals surface area contributed by atoms with Gasteiger partial charge in [-0.15, -0.1) is 0 Å². The zero-order valence-corrected chi connectivity index (χ0v) is 13.7. The molecule has 0 bridgehead atoms. The number of hydrogen-bond donors (Lipinski definition) is 0. The second-order valence-corrected chi connectivity index (χ2v) is 7.02. The minimum atomic E-state index is -0.391. The van der Waals surface area contributed by atoms with Crippen LogP contribution in [-0.2, 0) is 11.3 Å². The Hall–Kier alpha value is -1.92. The van der Waals surface area contributed by atoms with Gasteiger partial charge in [-0.25, -0.2) is 9.55 Å². The van der Waals surface area contributed by atoms with Crippen molar-refractivity contribution in [2.24, 2.45) is 11.3 Å². The number of hydrogen-bond acceptors (Lipinski definition) is 4. The Morgan fingerprint density at radius 3 is 2.50 bits per heavy atom. The molecule has 0 atom stereocenters. The third-order valence-electron chi connectivity index (χ3n) is 4.21. The summed E-state index contributed by atoms with van der Waals surface area (Å²) < 4.78 is 1.67. The van der Waals surface area contributed by atoms with Crippen molar-refractivity contribution in [3.05, 3.63) is 22.1 Å². The third kappa shape index (κ3) is 3.45. The van der Waals surface area contributed by atoms with Gasteiger partial charge in [0.05, 0.1) is 6.54 Å². The number of rotatable bonds is 3. The molecule has 0 saturated carbocycles. The molecule has 1 aromatic rings. The van der Waals surface area contributed by atoms with Crippen LogP contribution in [-0.4, -0.2) is 38.4 Å². The lowest BCUT2D eigenvalue weighted by atomic mass is 9.91. The first-order valence-electron chi connectivity index (χ1n) is 7.66. The lowest BCUT2D eigenvalue weighted by Crippen LogP contribution is -2.44. The predicted molar refractivity (Wildman–Crippen MR) is 82.4 cm³/mol. The van der Waals surface area contributed by atoms with Crippen LogP contribution >= 0.6 is 0 Å². The van der Waals surface area contributed by atoms with Crippen LogP contribution in [0.5, 0.6) is 0 Å². The van der Waals surface area contributed by atoms with Crippen LogP contribution in [0.1, 0.15) is 39.4 Å². The van der Waals surface area contributed by atoms with Gasteiger partial charge in [0, 0.05) is 31.3 Å². The van der Waals surface area contributed by atoms with E-state index in [9.17, 15) is 14.9 Å². The van der Waals surface area contributed by atoms with Crippen molar-refractivity contribution in [2.75, 3.05) is 13.1 Å². The van der Waals surface area contributed by atoms with Crippen molar-refractivity contribution < 1.29 is 9.72 Å². The van der Waals surface area contributed by atoms with Crippen molar-refractivity contribution in [1.29, 1.82) is 0 Å². The van der Waals surface area contributed by atoms with Crippen molar-refractivity contribution in [3.8, 4) is 0 Å². The molecule has 0 aromatic carbocycles. The van der Waals surface area contributed by atoms with E-state index in [1.165, 1.54) is 6.20 Å². The Kier molecular flexibility index (Phi) is 4.53. The maximum absolute atomic E-state index is 12.3. The van der Waals surface area contributed by atoms with Crippen LogP contribution in [0.4, 0.5) is 5.82 Å². The molecule has 2 heterocycles. The molecule has 0 radical (unpaired) electrons. The molecule has 22 heavy (non-hydrogen) atoms. The molecule has 0 N–H and O–H groups in total. The van der Waals surface area contributed by atoms with E-state index in [0.29, 0.717) is 18.3 Å². The van der Waals surface area contributed by atoms with Gasteiger partial charge in [-0.3, -0.25) is 4.79 Å². The van der Waals surface area contributed by atoms with Gasteiger partial charge in [0.1, 0.15) is 6.20 Å². The van der Waals surface area contributed by atoms with Crippen LogP contribution < -0.4 is 0 Å². The van der Waals surface area contributed by atoms with Crippen molar-refractivity contribution in [1.82, 2.24) is 14.5 Å². The molecule has 1 amide bonds. The highest BCUT2D eigenvalue weighted by Gasteiger charge is 2.31. The number of nitro groups is 1. The average Bonchev–Trinajstić information content (AvgIpc) is 2.79. The number of nitrogens with zero attached hydrogens (tertiary/aromatic N) is 4. The zero-order valence-electron chi connectivity index (χ0n) is 13.7. The Labute approximate surface area is 130 Å². The molecule has 1 aliphatic heterocycles. The van der Waals surface area contributed by atoms with Gasteiger partial charge < -0.3 is 15.0 Å². The fraction of sp³-hybridized carbons (Fsp3) is 0.733. The summed E-state index contributed by atoms with van der Waals surface area (Å²) >= 11 is 0. The van der Waals surface area contributed by atoms with E-state index in [2.05, 4.69) is 4.98 Å². The van der Waals surface area contributed by atoms with Gasteiger partial charge >= 0.3 is 5.82 Å². The van der Waals surface area contributed by atoms with E-state index in [1.807, 2.05) is 25.7 Å². The normalized spacial score (nSPS) is 16.8. The summed E-state index contributed by atoms with van der Waals surface area (Å²) in [5.74, 6) is 1.23. The summed E-state index contributed by atoms with van der Waals surface area (Å²) in [6.07, 6.45) is 3.06. The minimum absolute atomic E-state index is 0.0469. The fourth-order valence-electron chi connectivity index (χ4n) is 2.88. The maximum atomic E-state index is 12.3. The summed E-state index contributed by atoms with van der Waals surface area (Å²) in [4.78, 5) is 28.8. The van der Waals surface area contributed by atoms with Gasteiger partial charge in [0.15, 0.2) is 5.82 Å². The average molecular weight is 308 g/mol. The molecule has 0 unspecified atom stereocenters. The molecule has 1 fully saturated rings. The van der Waals surface area contributed by atoms with Crippen LogP contribution in [0.25, 0.3) is 0 Å². The lowest BCUT2D eigenvalue weighted by molar-refractivity contribution is -0.392. The monoisotopic (exact) mass is 308 g/mol. The van der Waals surface area contributed by atoms with Gasteiger partial charge in [-0.05, 0) is 17.8 Å². The van der Waals surface area contributed by atoms with E-state index >= 15 is 0 Å². The van der Waals surface area contributed by atoms with Crippen LogP contribution in [0.3, 0.4) is 0 Å². The van der Waals surface area contributed by atoms with Crippen molar-refractivity contribution in [2.45, 2.75) is 47.1 Å². The molecule has 1 aromatic heterocycles. The van der Waals surface area contributed by atoms with Gasteiger partial charge in [-0.1, -0.05) is 20.8 Å². The summed E-state index contributed by atoms with van der Waals surface area (Å²) in [5, 5.41) is 11.0. The summed E-state index contributed by atoms with van der Waals surface area (Å²) in [7, 11) is 0. The highest BCUT2D eigenvalue weighted by atomic mass is 16.6. The Morgan fingerprint density at radius 1 is 1.41 bits per heavy atom. The number of likely N-dealkylation sites (tertiary alicyclic amines) is 1. The lowest BCUT2D eigenvalue weighted by Gasteiger charge is -2.35. The number of aromatic nitrogens is 2. The van der Waals surface area contributed by atoms with Gasteiger partial charge in [0.2, 0.25) is 5.91 Å². The molecule has 0 aliphatic carbocycles. The summed E-state index contributed by atoms with van der Waals surface area (Å²) in [6, 6.07) is 0. The highest BCUT2D eigenvalue weighted by molar-refractivity contribution is 5.81. The number of imidazole rings is 1. The molecule has 7 heteroatoms. The first-order chi connectivity index (χ1) is 10.2. The first-order valence-corrected chi connectivity index (χ1v) is 7.66. The largest absolute Gasteiger partial charge is 0.358 e. The standard InChI is InChI=1S/C15H24N4O3/c1-11-16-9-13(19(21)22)18(11)10-12-5-7-17(8-6-12)14(20)15(2,3)4/h9,12H,5-8,10H2,1-4H3. The van der Waals surface area contributed by atoms with E-state index in [0.717, 1.165) is 25.9 Å². The van der Waals surface area contributed by atoms with E-state index in [1.54, 1.807) is 11.5 Å². The second kappa shape index (κ2) is 6.06. The molecule has 7 nitrogen and oxygen atoms in total. The highest BCUT2D eigenvalue weighted by Crippen LogP contribution is 2.26. The first kappa shape index (κ1) is 16.5. The maximum Gasteiger partial charge on any atom is 0.342 e. The number of amides is 1. The molecule has 1 aliphatic rings. The molecule has 1 saturated heterocycles. The molecule has 122 valence electrons. The summed E-state index contributed by atoms with van der Waals surface area (Å²) in [6.45, 7) is 9.62. The predicted octanol–water partition coefficient (Wildman–Crippen LogP) is 2.38. The molecular weight excluding hydrogens is 284 g/mol. The van der Waals surface area contributed by atoms with Crippen molar-refractivity contribution in [3.63, 3.8) is 0 Å². The van der Waals surface area contributed by atoms with E-state index in [4.69, 9.17) is 0 Å². The van der Waals surface area contributed by atoms with Gasteiger partial charge in [-0.2, -0.15) is 0 Å². The smallest absolute Gasteiger partial charge is 0.342 e. The quantitative estimate of drug-likeness (QED) is 0.634. The van der Waals surface area contributed by atoms with E-state index < -0.39 is 4.92 Å². The number of carbonyl (C=O) groups excluding carboxylic acids is 1. The number of piperidine rings is 1. The number of aryl methyl sites for hydroxylation is 1. The Balaban J connectivity index is 1.98. The van der Waals surface area contributed by atoms with Crippen LogP contribution in [0.2, 0.25) is 0 Å². The van der Waals surface area contributed by atoms with Crippen LogP contribution in [0, 0.1) is 28.4 Å². The third-order valence-corrected chi connectivity index (χ3v) is 4.21.